The highest BCUT2D eigenvalue weighted by Crippen LogP contribution is 2.19. The molecule has 3 aromatic rings. The second kappa shape index (κ2) is 10.2. The van der Waals surface area contributed by atoms with Gasteiger partial charge in [-0.1, -0.05) is 24.3 Å². The summed E-state index contributed by atoms with van der Waals surface area (Å²) in [7, 11) is 3.76. The number of benzene rings is 2. The summed E-state index contributed by atoms with van der Waals surface area (Å²) in [6, 6.07) is 11.7. The SMILES string of the molecule is CN(C)C(CNC(=O)Cc1csc(NC(=O)c2ccccc2F)n1)c1ccc(F)cc1. The number of carbonyl (C=O) groups is 2. The van der Waals surface area contributed by atoms with E-state index < -0.39 is 11.7 Å². The number of nitrogens with one attached hydrogen (secondary N) is 2. The third kappa shape index (κ3) is 6.16. The van der Waals surface area contributed by atoms with Gasteiger partial charge in [-0.2, -0.15) is 0 Å². The number of thiazole rings is 1. The third-order valence-electron chi connectivity index (χ3n) is 4.60. The molecule has 0 radical (unpaired) electrons. The number of nitrogens with zero attached hydrogens (tertiary/aromatic N) is 2. The Labute approximate surface area is 182 Å². The molecule has 3 rings (SSSR count). The van der Waals surface area contributed by atoms with E-state index in [1.807, 2.05) is 19.0 Å². The van der Waals surface area contributed by atoms with Crippen molar-refractivity contribution in [1.82, 2.24) is 15.2 Å². The van der Waals surface area contributed by atoms with Crippen LogP contribution in [0.2, 0.25) is 0 Å². The molecule has 0 saturated carbocycles. The number of amides is 2. The molecule has 2 aromatic carbocycles. The van der Waals surface area contributed by atoms with Gasteiger partial charge in [0.2, 0.25) is 5.91 Å². The second-order valence-corrected chi connectivity index (χ2v) is 7.95. The van der Waals surface area contributed by atoms with Gasteiger partial charge in [0.15, 0.2) is 5.13 Å². The van der Waals surface area contributed by atoms with Gasteiger partial charge in [-0.25, -0.2) is 13.8 Å². The summed E-state index contributed by atoms with van der Waals surface area (Å²) < 4.78 is 26.9. The Balaban J connectivity index is 1.55. The van der Waals surface area contributed by atoms with Crippen LogP contribution in [0.3, 0.4) is 0 Å². The van der Waals surface area contributed by atoms with E-state index in [1.165, 1.54) is 30.3 Å². The summed E-state index contributed by atoms with van der Waals surface area (Å²) in [5.74, 6) is -1.76. The summed E-state index contributed by atoms with van der Waals surface area (Å²) in [4.78, 5) is 30.7. The number of hydrogen-bond acceptors (Lipinski definition) is 5. The fourth-order valence-corrected chi connectivity index (χ4v) is 3.68. The van der Waals surface area contributed by atoms with Crippen molar-refractivity contribution in [2.45, 2.75) is 12.5 Å². The fraction of sp³-hybridized carbons (Fsp3) is 0.227. The van der Waals surface area contributed by atoms with Crippen molar-refractivity contribution in [3.8, 4) is 0 Å². The van der Waals surface area contributed by atoms with Gasteiger partial charge in [0.05, 0.1) is 23.7 Å². The molecule has 1 heterocycles. The molecule has 0 spiro atoms. The summed E-state index contributed by atoms with van der Waals surface area (Å²) in [6.07, 6.45) is 0.0373. The number of likely N-dealkylation sites (N-methyl/N-ethyl adjacent to an activating group) is 1. The smallest absolute Gasteiger partial charge is 0.260 e. The van der Waals surface area contributed by atoms with Crippen molar-refractivity contribution in [2.75, 3.05) is 26.0 Å². The Morgan fingerprint density at radius 1 is 1.10 bits per heavy atom. The predicted molar refractivity (Wildman–Crippen MR) is 116 cm³/mol. The van der Waals surface area contributed by atoms with Gasteiger partial charge < -0.3 is 10.2 Å². The topological polar surface area (TPSA) is 74.3 Å². The predicted octanol–water partition coefficient (Wildman–Crippen LogP) is 3.64. The molecule has 2 amide bonds. The Kier molecular flexibility index (Phi) is 7.43. The minimum Gasteiger partial charge on any atom is -0.354 e. The summed E-state index contributed by atoms with van der Waals surface area (Å²) in [6.45, 7) is 0.346. The van der Waals surface area contributed by atoms with Crippen molar-refractivity contribution in [3.63, 3.8) is 0 Å². The first-order valence-electron chi connectivity index (χ1n) is 9.52. The first-order valence-corrected chi connectivity index (χ1v) is 10.4. The van der Waals surface area contributed by atoms with E-state index in [4.69, 9.17) is 0 Å². The normalized spacial score (nSPS) is 11.9. The van der Waals surface area contributed by atoms with Crippen LogP contribution in [0.5, 0.6) is 0 Å². The number of anilines is 1. The van der Waals surface area contributed by atoms with Crippen molar-refractivity contribution in [2.24, 2.45) is 0 Å². The lowest BCUT2D eigenvalue weighted by molar-refractivity contribution is -0.120. The lowest BCUT2D eigenvalue weighted by Gasteiger charge is -2.25. The summed E-state index contributed by atoms with van der Waals surface area (Å²) in [5, 5.41) is 7.36. The van der Waals surface area contributed by atoms with E-state index in [2.05, 4.69) is 15.6 Å². The quantitative estimate of drug-likeness (QED) is 0.556. The summed E-state index contributed by atoms with van der Waals surface area (Å²) >= 11 is 1.16. The highest BCUT2D eigenvalue weighted by Gasteiger charge is 2.17. The Morgan fingerprint density at radius 2 is 1.81 bits per heavy atom. The molecular formula is C22H22F2N4O2S. The number of halogens is 2. The fourth-order valence-electron chi connectivity index (χ4n) is 2.98. The average molecular weight is 445 g/mol. The molecule has 162 valence electrons. The lowest BCUT2D eigenvalue weighted by Crippen LogP contribution is -2.35. The van der Waals surface area contributed by atoms with E-state index in [9.17, 15) is 18.4 Å². The first-order chi connectivity index (χ1) is 14.8. The van der Waals surface area contributed by atoms with Crippen LogP contribution in [-0.4, -0.2) is 42.3 Å². The van der Waals surface area contributed by atoms with Crippen LogP contribution >= 0.6 is 11.3 Å². The van der Waals surface area contributed by atoms with Crippen molar-refractivity contribution in [1.29, 1.82) is 0 Å². The van der Waals surface area contributed by atoms with Gasteiger partial charge in [0, 0.05) is 11.9 Å². The van der Waals surface area contributed by atoms with Crippen LogP contribution in [0.15, 0.2) is 53.9 Å². The molecule has 0 aliphatic rings. The zero-order valence-electron chi connectivity index (χ0n) is 17.1. The van der Waals surface area contributed by atoms with Crippen molar-refractivity contribution < 1.29 is 18.4 Å². The van der Waals surface area contributed by atoms with Crippen LogP contribution < -0.4 is 10.6 Å². The maximum atomic E-state index is 13.7. The molecule has 6 nitrogen and oxygen atoms in total. The van der Waals surface area contributed by atoms with Crippen molar-refractivity contribution in [3.05, 3.63) is 82.4 Å². The van der Waals surface area contributed by atoms with Crippen LogP contribution in [0, 0.1) is 11.6 Å². The number of aromatic nitrogens is 1. The maximum Gasteiger partial charge on any atom is 0.260 e. The van der Waals surface area contributed by atoms with Crippen LogP contribution in [0.4, 0.5) is 13.9 Å². The molecule has 0 bridgehead atoms. The van der Waals surface area contributed by atoms with Gasteiger partial charge in [0.25, 0.3) is 5.91 Å². The number of rotatable bonds is 8. The minimum absolute atomic E-state index is 0.0373. The molecule has 1 unspecified atom stereocenters. The maximum absolute atomic E-state index is 13.7. The molecular weight excluding hydrogens is 422 g/mol. The molecule has 0 aliphatic heterocycles. The molecule has 1 aromatic heterocycles. The molecule has 0 fully saturated rings. The molecule has 0 saturated heterocycles. The Morgan fingerprint density at radius 3 is 2.48 bits per heavy atom. The van der Waals surface area contributed by atoms with Crippen LogP contribution in [0.25, 0.3) is 0 Å². The summed E-state index contributed by atoms with van der Waals surface area (Å²) in [5.41, 5.74) is 1.31. The van der Waals surface area contributed by atoms with E-state index in [-0.39, 0.29) is 34.9 Å². The monoisotopic (exact) mass is 444 g/mol. The first kappa shape index (κ1) is 22.5. The van der Waals surface area contributed by atoms with Gasteiger partial charge in [0.1, 0.15) is 11.6 Å². The Bertz CT molecular complexity index is 1050. The molecule has 31 heavy (non-hydrogen) atoms. The second-order valence-electron chi connectivity index (χ2n) is 7.09. The lowest BCUT2D eigenvalue weighted by atomic mass is 10.1. The van der Waals surface area contributed by atoms with E-state index in [0.717, 1.165) is 16.9 Å². The standard InChI is InChI=1S/C22H22F2N4O2S/c1-28(2)19(14-7-9-15(23)10-8-14)12-25-20(29)11-16-13-31-22(26-16)27-21(30)17-5-3-4-6-18(17)24/h3-10,13,19H,11-12H2,1-2H3,(H,25,29)(H,26,27,30). The number of hydrogen-bond donors (Lipinski definition) is 2. The van der Waals surface area contributed by atoms with Crippen LogP contribution in [0.1, 0.15) is 27.7 Å². The molecule has 1 atom stereocenters. The molecule has 0 aliphatic carbocycles. The molecule has 2 N–H and O–H groups in total. The average Bonchev–Trinajstić information content (AvgIpc) is 3.16. The minimum atomic E-state index is -0.618. The number of carbonyl (C=O) groups excluding carboxylic acids is 2. The van der Waals surface area contributed by atoms with E-state index in [0.29, 0.717) is 12.2 Å². The Hall–Kier alpha value is -3.17. The zero-order chi connectivity index (χ0) is 22.4. The third-order valence-corrected chi connectivity index (χ3v) is 5.41. The van der Waals surface area contributed by atoms with Crippen LogP contribution in [-0.2, 0) is 11.2 Å². The zero-order valence-corrected chi connectivity index (χ0v) is 17.9. The van der Waals surface area contributed by atoms with Gasteiger partial charge in [-0.15, -0.1) is 11.3 Å². The molecule has 9 heteroatoms. The van der Waals surface area contributed by atoms with Gasteiger partial charge in [-0.05, 0) is 43.9 Å². The van der Waals surface area contributed by atoms with Crippen molar-refractivity contribution >= 4 is 28.3 Å². The van der Waals surface area contributed by atoms with E-state index in [1.54, 1.807) is 23.6 Å². The highest BCUT2D eigenvalue weighted by atomic mass is 32.1. The largest absolute Gasteiger partial charge is 0.354 e. The highest BCUT2D eigenvalue weighted by molar-refractivity contribution is 7.14. The van der Waals surface area contributed by atoms with E-state index >= 15 is 0 Å². The van der Waals surface area contributed by atoms with Gasteiger partial charge in [-0.3, -0.25) is 14.9 Å². The van der Waals surface area contributed by atoms with Gasteiger partial charge >= 0.3 is 0 Å².